The van der Waals surface area contributed by atoms with Gasteiger partial charge < -0.3 is 9.64 Å². The number of nitrogens with zero attached hydrogens (tertiary/aromatic N) is 2. The molecule has 1 aliphatic heterocycles. The average Bonchev–Trinajstić information content (AvgIpc) is 2.36. The molecule has 0 aromatic heterocycles. The quantitative estimate of drug-likeness (QED) is 0.689. The van der Waals surface area contributed by atoms with Crippen LogP contribution in [0.4, 0.5) is 4.79 Å². The van der Waals surface area contributed by atoms with Crippen molar-refractivity contribution in [1.82, 2.24) is 9.80 Å². The summed E-state index contributed by atoms with van der Waals surface area (Å²) in [4.78, 5) is 16.5. The molecular weight excluding hydrogens is 391 g/mol. The largest absolute Gasteiger partial charge is 0.444 e. The number of carbonyl (C=O) groups excluding carboxylic acids is 1. The van der Waals surface area contributed by atoms with E-state index in [2.05, 4.69) is 58.7 Å². The van der Waals surface area contributed by atoms with Gasteiger partial charge in [0.05, 0.1) is 0 Å². The molecule has 1 aromatic rings. The molecule has 0 saturated carbocycles. The zero-order valence-corrected chi connectivity index (χ0v) is 16.0. The molecule has 5 heteroatoms. The van der Waals surface area contributed by atoms with E-state index in [4.69, 9.17) is 4.74 Å². The van der Waals surface area contributed by atoms with E-state index in [0.717, 1.165) is 26.2 Å². The summed E-state index contributed by atoms with van der Waals surface area (Å²) in [5.41, 5.74) is 0.888. The summed E-state index contributed by atoms with van der Waals surface area (Å²) in [7, 11) is 0. The zero-order valence-electron chi connectivity index (χ0n) is 13.8. The van der Waals surface area contributed by atoms with Crippen molar-refractivity contribution in [2.45, 2.75) is 45.9 Å². The Bertz CT molecular complexity index is 528. The van der Waals surface area contributed by atoms with Crippen molar-refractivity contribution in [2.24, 2.45) is 0 Å². The fourth-order valence-corrected chi connectivity index (χ4v) is 3.27. The van der Waals surface area contributed by atoms with E-state index in [-0.39, 0.29) is 12.1 Å². The summed E-state index contributed by atoms with van der Waals surface area (Å²) in [6.45, 7) is 11.2. The minimum atomic E-state index is -0.436. The van der Waals surface area contributed by atoms with Gasteiger partial charge in [-0.25, -0.2) is 4.79 Å². The maximum absolute atomic E-state index is 12.2. The summed E-state index contributed by atoms with van der Waals surface area (Å²) in [6, 6.07) is 8.75. The van der Waals surface area contributed by atoms with Crippen molar-refractivity contribution < 1.29 is 9.53 Å². The summed E-state index contributed by atoms with van der Waals surface area (Å²) < 4.78 is 6.74. The monoisotopic (exact) mass is 416 g/mol. The third kappa shape index (κ3) is 5.12. The SMILES string of the molecule is C[C@@H]1CN(Cc2cccc(I)c2)CCN1C(=O)OC(C)(C)C. The van der Waals surface area contributed by atoms with Gasteiger partial charge in [0, 0.05) is 35.8 Å². The van der Waals surface area contributed by atoms with Crippen molar-refractivity contribution >= 4 is 28.7 Å². The molecule has 0 bridgehead atoms. The predicted molar refractivity (Wildman–Crippen MR) is 96.8 cm³/mol. The number of hydrogen-bond acceptors (Lipinski definition) is 3. The van der Waals surface area contributed by atoms with E-state index in [1.54, 1.807) is 0 Å². The Morgan fingerprint density at radius 1 is 1.36 bits per heavy atom. The Balaban J connectivity index is 1.91. The van der Waals surface area contributed by atoms with E-state index in [1.807, 2.05) is 25.7 Å². The fraction of sp³-hybridized carbons (Fsp3) is 0.588. The van der Waals surface area contributed by atoms with Crippen LogP contribution < -0.4 is 0 Å². The maximum atomic E-state index is 12.2. The third-order valence-electron chi connectivity index (χ3n) is 3.63. The Kier molecular flexibility index (Phi) is 5.71. The third-order valence-corrected chi connectivity index (χ3v) is 4.31. The molecule has 0 N–H and O–H groups in total. The highest BCUT2D eigenvalue weighted by atomic mass is 127. The number of amides is 1. The van der Waals surface area contributed by atoms with E-state index < -0.39 is 5.60 Å². The average molecular weight is 416 g/mol. The molecule has 1 amide bonds. The van der Waals surface area contributed by atoms with Crippen molar-refractivity contribution in [1.29, 1.82) is 0 Å². The van der Waals surface area contributed by atoms with Gasteiger partial charge in [-0.2, -0.15) is 0 Å². The van der Waals surface area contributed by atoms with Crippen molar-refractivity contribution in [3.8, 4) is 0 Å². The molecule has 4 nitrogen and oxygen atoms in total. The first-order valence-electron chi connectivity index (χ1n) is 7.71. The highest BCUT2D eigenvalue weighted by molar-refractivity contribution is 14.1. The van der Waals surface area contributed by atoms with E-state index in [9.17, 15) is 4.79 Å². The molecule has 0 radical (unpaired) electrons. The molecule has 1 atom stereocenters. The topological polar surface area (TPSA) is 32.8 Å². The van der Waals surface area contributed by atoms with E-state index in [1.165, 1.54) is 9.13 Å². The van der Waals surface area contributed by atoms with Gasteiger partial charge in [-0.05, 0) is 68.0 Å². The minimum Gasteiger partial charge on any atom is -0.444 e. The van der Waals surface area contributed by atoms with Gasteiger partial charge in [0.2, 0.25) is 0 Å². The molecule has 0 spiro atoms. The summed E-state index contributed by atoms with van der Waals surface area (Å²) >= 11 is 2.34. The summed E-state index contributed by atoms with van der Waals surface area (Å²) in [5, 5.41) is 0. The van der Waals surface area contributed by atoms with E-state index in [0.29, 0.717) is 0 Å². The van der Waals surface area contributed by atoms with Gasteiger partial charge in [0.1, 0.15) is 5.60 Å². The molecule has 1 heterocycles. The van der Waals surface area contributed by atoms with Crippen LogP contribution in [0.3, 0.4) is 0 Å². The highest BCUT2D eigenvalue weighted by Gasteiger charge is 2.30. The lowest BCUT2D eigenvalue weighted by Crippen LogP contribution is -2.54. The standard InChI is InChI=1S/C17H25IN2O2/c1-13-11-19(12-14-6-5-7-15(18)10-14)8-9-20(13)16(21)22-17(2,3)4/h5-7,10,13H,8-9,11-12H2,1-4H3/t13-/m1/s1. The van der Waals surface area contributed by atoms with Gasteiger partial charge in [-0.3, -0.25) is 4.90 Å². The molecule has 122 valence electrons. The van der Waals surface area contributed by atoms with Crippen LogP contribution in [0.2, 0.25) is 0 Å². The Morgan fingerprint density at radius 3 is 2.68 bits per heavy atom. The molecule has 22 heavy (non-hydrogen) atoms. The highest BCUT2D eigenvalue weighted by Crippen LogP contribution is 2.18. The van der Waals surface area contributed by atoms with Crippen LogP contribution in [0.1, 0.15) is 33.3 Å². The number of ether oxygens (including phenoxy) is 1. The molecule has 1 aliphatic rings. The minimum absolute atomic E-state index is 0.173. The molecule has 1 fully saturated rings. The van der Waals surface area contributed by atoms with Gasteiger partial charge >= 0.3 is 6.09 Å². The van der Waals surface area contributed by atoms with Gasteiger partial charge in [-0.15, -0.1) is 0 Å². The Hall–Kier alpha value is -0.820. The van der Waals surface area contributed by atoms with Crippen molar-refractivity contribution in [3.63, 3.8) is 0 Å². The second-order valence-corrected chi connectivity index (χ2v) is 8.13. The number of hydrogen-bond donors (Lipinski definition) is 0. The maximum Gasteiger partial charge on any atom is 0.410 e. The zero-order chi connectivity index (χ0) is 16.3. The lowest BCUT2D eigenvalue weighted by Gasteiger charge is -2.40. The number of benzene rings is 1. The summed E-state index contributed by atoms with van der Waals surface area (Å²) in [5.74, 6) is 0. The normalized spacial score (nSPS) is 20.0. The van der Waals surface area contributed by atoms with E-state index >= 15 is 0 Å². The predicted octanol–water partition coefficient (Wildman–Crippen LogP) is 3.73. The molecular formula is C17H25IN2O2. The first-order chi connectivity index (χ1) is 10.2. The Morgan fingerprint density at radius 2 is 2.09 bits per heavy atom. The number of halogens is 1. The van der Waals surface area contributed by atoms with Gasteiger partial charge in [0.15, 0.2) is 0 Å². The van der Waals surface area contributed by atoms with Crippen LogP contribution >= 0.6 is 22.6 Å². The first kappa shape index (κ1) is 17.5. The Labute approximate surface area is 146 Å². The van der Waals surface area contributed by atoms with Crippen LogP contribution in [-0.4, -0.2) is 47.2 Å². The van der Waals surface area contributed by atoms with Crippen LogP contribution in [0.25, 0.3) is 0 Å². The molecule has 2 rings (SSSR count). The van der Waals surface area contributed by atoms with Crippen molar-refractivity contribution in [3.05, 3.63) is 33.4 Å². The lowest BCUT2D eigenvalue weighted by molar-refractivity contribution is 0.000562. The number of piperazine rings is 1. The summed E-state index contributed by atoms with van der Waals surface area (Å²) in [6.07, 6.45) is -0.200. The van der Waals surface area contributed by atoms with Gasteiger partial charge in [0.25, 0.3) is 0 Å². The fourth-order valence-electron chi connectivity index (χ4n) is 2.66. The van der Waals surface area contributed by atoms with Gasteiger partial charge in [-0.1, -0.05) is 12.1 Å². The molecule has 0 unspecified atom stereocenters. The van der Waals surface area contributed by atoms with Crippen LogP contribution in [0.5, 0.6) is 0 Å². The number of rotatable bonds is 2. The second kappa shape index (κ2) is 7.17. The first-order valence-corrected chi connectivity index (χ1v) is 8.79. The molecule has 1 aromatic carbocycles. The lowest BCUT2D eigenvalue weighted by atomic mass is 10.1. The molecule has 0 aliphatic carbocycles. The second-order valence-electron chi connectivity index (χ2n) is 6.89. The molecule has 1 saturated heterocycles. The van der Waals surface area contributed by atoms with Crippen LogP contribution in [0.15, 0.2) is 24.3 Å². The smallest absolute Gasteiger partial charge is 0.410 e. The van der Waals surface area contributed by atoms with Crippen LogP contribution in [0, 0.1) is 3.57 Å². The number of carbonyl (C=O) groups is 1. The van der Waals surface area contributed by atoms with Crippen molar-refractivity contribution in [2.75, 3.05) is 19.6 Å². The van der Waals surface area contributed by atoms with Crippen LogP contribution in [-0.2, 0) is 11.3 Å².